The fourth-order valence-corrected chi connectivity index (χ4v) is 8.31. The summed E-state index contributed by atoms with van der Waals surface area (Å²) >= 11 is 0. The summed E-state index contributed by atoms with van der Waals surface area (Å²) < 4.78 is 0. The summed E-state index contributed by atoms with van der Waals surface area (Å²) in [6, 6.07) is 0. The Kier molecular flexibility index (Phi) is 2.38. The van der Waals surface area contributed by atoms with Crippen LogP contribution in [0.25, 0.3) is 0 Å². The summed E-state index contributed by atoms with van der Waals surface area (Å²) in [5.74, 6) is 5.93. The highest BCUT2D eigenvalue weighted by atomic mass is 16.3. The van der Waals surface area contributed by atoms with Crippen LogP contribution < -0.4 is 0 Å². The lowest BCUT2D eigenvalue weighted by molar-refractivity contribution is -0.261. The molecule has 7 fully saturated rings. The molecule has 7 rings (SSSR count). The van der Waals surface area contributed by atoms with Crippen molar-refractivity contribution in [2.24, 2.45) is 46.3 Å². The van der Waals surface area contributed by atoms with Gasteiger partial charge in [0, 0.05) is 13.2 Å². The summed E-state index contributed by atoms with van der Waals surface area (Å²) in [7, 11) is 0. The van der Waals surface area contributed by atoms with E-state index in [1.54, 1.807) is 0 Å². The molecule has 112 valence electrons. The first-order valence-corrected chi connectivity index (χ1v) is 8.91. The zero-order chi connectivity index (χ0) is 13.5. The molecule has 0 saturated heterocycles. The summed E-state index contributed by atoms with van der Waals surface area (Å²) in [6.45, 7) is 0.807. The van der Waals surface area contributed by atoms with E-state index in [0.29, 0.717) is 24.0 Å². The molecule has 2 heteroatoms. The highest BCUT2D eigenvalue weighted by molar-refractivity contribution is 5.18. The minimum atomic E-state index is 0.403. The molecule has 0 aromatic rings. The van der Waals surface area contributed by atoms with E-state index in [2.05, 4.69) is 0 Å². The van der Waals surface area contributed by atoms with Crippen molar-refractivity contribution < 1.29 is 10.2 Å². The summed E-state index contributed by atoms with van der Waals surface area (Å²) in [6.07, 6.45) is 10.7. The summed E-state index contributed by atoms with van der Waals surface area (Å²) in [5, 5.41) is 19.0. The Morgan fingerprint density at radius 3 is 1.00 bits per heavy atom. The smallest absolute Gasteiger partial charge is 0.0436 e. The van der Waals surface area contributed by atoms with Crippen LogP contribution in [0.3, 0.4) is 0 Å². The fraction of sp³-hybridized carbons (Fsp3) is 1.00. The van der Waals surface area contributed by atoms with Crippen molar-refractivity contribution in [3.63, 3.8) is 0 Å². The monoisotopic (exact) mass is 276 g/mol. The predicted octanol–water partition coefficient (Wildman–Crippen LogP) is 2.83. The van der Waals surface area contributed by atoms with Crippen LogP contribution in [0.15, 0.2) is 0 Å². The zero-order valence-corrected chi connectivity index (χ0v) is 12.4. The van der Waals surface area contributed by atoms with Crippen molar-refractivity contribution in [2.75, 3.05) is 13.2 Å². The highest BCUT2D eigenvalue weighted by Crippen LogP contribution is 2.77. The fourth-order valence-electron chi connectivity index (χ4n) is 8.31. The van der Waals surface area contributed by atoms with E-state index in [0.717, 1.165) is 48.3 Å². The first kappa shape index (κ1) is 12.5. The predicted molar refractivity (Wildman–Crippen MR) is 76.9 cm³/mol. The van der Waals surface area contributed by atoms with Crippen LogP contribution in [-0.2, 0) is 0 Å². The largest absolute Gasteiger partial charge is 0.396 e. The molecule has 20 heavy (non-hydrogen) atoms. The number of aliphatic hydroxyl groups is 2. The SMILES string of the molecule is OCCC12CC3C4CC5(CCO)CC3C(C1)C(C5)C4C2. The van der Waals surface area contributed by atoms with Crippen LogP contribution in [0.2, 0.25) is 0 Å². The molecule has 0 unspecified atom stereocenters. The second-order valence-electron chi connectivity index (χ2n) is 9.16. The highest BCUT2D eigenvalue weighted by Gasteiger charge is 2.69. The topological polar surface area (TPSA) is 40.5 Å². The van der Waals surface area contributed by atoms with Crippen LogP contribution in [0.4, 0.5) is 0 Å². The van der Waals surface area contributed by atoms with Gasteiger partial charge in [-0.15, -0.1) is 0 Å². The average molecular weight is 276 g/mol. The van der Waals surface area contributed by atoms with Crippen LogP contribution in [0, 0.1) is 46.3 Å². The minimum absolute atomic E-state index is 0.403. The first-order chi connectivity index (χ1) is 9.69. The van der Waals surface area contributed by atoms with E-state index in [1.165, 1.54) is 38.5 Å². The molecular formula is C18H28O2. The molecule has 7 aliphatic carbocycles. The maximum Gasteiger partial charge on any atom is 0.0436 e. The van der Waals surface area contributed by atoms with E-state index in [9.17, 15) is 10.2 Å². The third-order valence-corrected chi connectivity index (χ3v) is 8.60. The Labute approximate surface area is 122 Å². The van der Waals surface area contributed by atoms with E-state index in [-0.39, 0.29) is 0 Å². The van der Waals surface area contributed by atoms with E-state index < -0.39 is 0 Å². The second kappa shape index (κ2) is 3.81. The first-order valence-electron chi connectivity index (χ1n) is 8.91. The van der Waals surface area contributed by atoms with Crippen molar-refractivity contribution in [1.29, 1.82) is 0 Å². The van der Waals surface area contributed by atoms with Gasteiger partial charge in [0.1, 0.15) is 0 Å². The minimum Gasteiger partial charge on any atom is -0.396 e. The lowest BCUT2D eigenvalue weighted by atomic mass is 9.30. The molecule has 0 aromatic carbocycles. The normalized spacial score (nSPS) is 61.5. The molecule has 2 nitrogen and oxygen atoms in total. The quantitative estimate of drug-likeness (QED) is 0.829. The van der Waals surface area contributed by atoms with E-state index >= 15 is 0 Å². The van der Waals surface area contributed by atoms with Crippen LogP contribution in [0.1, 0.15) is 51.4 Å². The Morgan fingerprint density at radius 2 is 0.800 bits per heavy atom. The van der Waals surface area contributed by atoms with Gasteiger partial charge in [-0.25, -0.2) is 0 Å². The molecule has 8 bridgehead atoms. The Morgan fingerprint density at radius 1 is 0.550 bits per heavy atom. The molecule has 2 N–H and O–H groups in total. The Hall–Kier alpha value is -0.0800. The lowest BCUT2D eigenvalue weighted by Gasteiger charge is -2.75. The average Bonchev–Trinajstić information content (AvgIpc) is 2.44. The number of hydrogen-bond acceptors (Lipinski definition) is 2. The van der Waals surface area contributed by atoms with Gasteiger partial charge >= 0.3 is 0 Å². The van der Waals surface area contributed by atoms with Gasteiger partial charge in [-0.1, -0.05) is 0 Å². The second-order valence-corrected chi connectivity index (χ2v) is 9.16. The lowest BCUT2D eigenvalue weighted by Crippen LogP contribution is -2.67. The molecule has 0 amide bonds. The molecular weight excluding hydrogens is 248 g/mol. The third-order valence-electron chi connectivity index (χ3n) is 8.60. The molecule has 7 saturated carbocycles. The molecule has 0 spiro atoms. The Bertz CT molecular complexity index is 326. The van der Waals surface area contributed by atoms with Gasteiger partial charge in [-0.2, -0.15) is 0 Å². The van der Waals surface area contributed by atoms with Crippen LogP contribution >= 0.6 is 0 Å². The van der Waals surface area contributed by atoms with Crippen molar-refractivity contribution in [2.45, 2.75) is 51.4 Å². The maximum absolute atomic E-state index is 9.49. The summed E-state index contributed by atoms with van der Waals surface area (Å²) in [4.78, 5) is 0. The molecule has 0 atom stereocenters. The van der Waals surface area contributed by atoms with Gasteiger partial charge in [0.05, 0.1) is 0 Å². The van der Waals surface area contributed by atoms with Gasteiger partial charge < -0.3 is 10.2 Å². The number of hydrogen-bond donors (Lipinski definition) is 2. The maximum atomic E-state index is 9.49. The molecule has 0 aliphatic heterocycles. The Balaban J connectivity index is 1.51. The van der Waals surface area contributed by atoms with Gasteiger partial charge in [0.2, 0.25) is 0 Å². The van der Waals surface area contributed by atoms with Crippen LogP contribution in [0.5, 0.6) is 0 Å². The third kappa shape index (κ3) is 1.34. The molecule has 0 radical (unpaired) electrons. The zero-order valence-electron chi connectivity index (χ0n) is 12.4. The standard InChI is InChI=1S/C18H28O2/c19-3-1-17-5-11-14-8-18(2-4-20)9-15(11)13(7-17)16(10-18)12(14)6-17/h11-16,19-20H,1-10H2. The van der Waals surface area contributed by atoms with Crippen molar-refractivity contribution >= 4 is 0 Å². The number of aliphatic hydroxyl groups excluding tert-OH is 2. The molecule has 0 aromatic heterocycles. The number of rotatable bonds is 4. The molecule has 7 aliphatic rings. The van der Waals surface area contributed by atoms with E-state index in [1.807, 2.05) is 0 Å². The van der Waals surface area contributed by atoms with Gasteiger partial charge in [0.25, 0.3) is 0 Å². The van der Waals surface area contributed by atoms with Crippen LogP contribution in [-0.4, -0.2) is 23.4 Å². The van der Waals surface area contributed by atoms with Gasteiger partial charge in [-0.3, -0.25) is 0 Å². The van der Waals surface area contributed by atoms with E-state index in [4.69, 9.17) is 0 Å². The van der Waals surface area contributed by atoms with Crippen molar-refractivity contribution in [3.05, 3.63) is 0 Å². The van der Waals surface area contributed by atoms with Gasteiger partial charge in [-0.05, 0) is 97.7 Å². The van der Waals surface area contributed by atoms with Gasteiger partial charge in [0.15, 0.2) is 0 Å². The van der Waals surface area contributed by atoms with Crippen molar-refractivity contribution in [1.82, 2.24) is 0 Å². The van der Waals surface area contributed by atoms with Crippen molar-refractivity contribution in [3.8, 4) is 0 Å². The summed E-state index contributed by atoms with van der Waals surface area (Å²) in [5.41, 5.74) is 1.07. The molecule has 0 heterocycles.